The van der Waals surface area contributed by atoms with Crippen LogP contribution in [0.4, 0.5) is 0 Å². The maximum atomic E-state index is 3.67. The lowest BCUT2D eigenvalue weighted by Crippen LogP contribution is -2.63. The molecule has 2 aliphatic rings. The second kappa shape index (κ2) is 3.74. The van der Waals surface area contributed by atoms with Gasteiger partial charge in [0, 0.05) is 31.2 Å². The molecule has 0 spiro atoms. The first-order valence-corrected chi connectivity index (χ1v) is 6.40. The van der Waals surface area contributed by atoms with Crippen molar-refractivity contribution in [1.29, 1.82) is 0 Å². The van der Waals surface area contributed by atoms with E-state index in [2.05, 4.69) is 37.9 Å². The predicted octanol–water partition coefficient (Wildman–Crippen LogP) is 2.25. The third-order valence-corrected chi connectivity index (χ3v) is 4.41. The zero-order valence-electron chi connectivity index (χ0n) is 10.8. The predicted molar refractivity (Wildman–Crippen MR) is 65.1 cm³/mol. The minimum Gasteiger partial charge on any atom is -0.311 e. The molecule has 0 radical (unpaired) electrons. The van der Waals surface area contributed by atoms with Gasteiger partial charge in [-0.15, -0.1) is 0 Å². The highest BCUT2D eigenvalue weighted by molar-refractivity contribution is 4.99. The molecule has 1 saturated heterocycles. The Balaban J connectivity index is 1.98. The molecule has 0 aromatic carbocycles. The smallest absolute Gasteiger partial charge is 0.0244 e. The largest absolute Gasteiger partial charge is 0.311 e. The van der Waals surface area contributed by atoms with Crippen molar-refractivity contribution < 1.29 is 0 Å². The molecule has 1 heterocycles. The summed E-state index contributed by atoms with van der Waals surface area (Å²) in [6, 6.07) is 0.656. The van der Waals surface area contributed by atoms with E-state index in [0.29, 0.717) is 17.0 Å². The summed E-state index contributed by atoms with van der Waals surface area (Å²) in [5, 5.41) is 3.67. The van der Waals surface area contributed by atoms with Gasteiger partial charge in [0.1, 0.15) is 0 Å². The van der Waals surface area contributed by atoms with Gasteiger partial charge in [-0.1, -0.05) is 20.8 Å². The van der Waals surface area contributed by atoms with Crippen LogP contribution in [0, 0.1) is 5.41 Å². The lowest BCUT2D eigenvalue weighted by molar-refractivity contribution is -0.00527. The number of nitrogens with one attached hydrogen (secondary N) is 1. The van der Waals surface area contributed by atoms with Crippen molar-refractivity contribution >= 4 is 0 Å². The van der Waals surface area contributed by atoms with Crippen LogP contribution >= 0.6 is 0 Å². The summed E-state index contributed by atoms with van der Waals surface area (Å²) >= 11 is 0. The quantitative estimate of drug-likeness (QED) is 0.714. The molecule has 1 N–H and O–H groups in total. The first-order chi connectivity index (χ1) is 6.92. The summed E-state index contributed by atoms with van der Waals surface area (Å²) in [5.74, 6) is 0. The minimum atomic E-state index is 0.388. The van der Waals surface area contributed by atoms with Crippen LogP contribution in [0.5, 0.6) is 0 Å². The maximum Gasteiger partial charge on any atom is 0.0244 e. The molecule has 0 bridgehead atoms. The monoisotopic (exact) mass is 210 g/mol. The van der Waals surface area contributed by atoms with Gasteiger partial charge in [-0.25, -0.2) is 0 Å². The molecule has 1 aliphatic carbocycles. The van der Waals surface area contributed by atoms with E-state index in [1.165, 1.54) is 32.4 Å². The highest BCUT2D eigenvalue weighted by atomic mass is 15.3. The molecule has 2 rings (SSSR count). The molecule has 15 heavy (non-hydrogen) atoms. The normalized spacial score (nSPS) is 32.4. The summed E-state index contributed by atoms with van der Waals surface area (Å²) in [6.07, 6.45) is 4.24. The van der Waals surface area contributed by atoms with Gasteiger partial charge in [0.25, 0.3) is 0 Å². The molecule has 0 amide bonds. The Morgan fingerprint density at radius 3 is 2.40 bits per heavy atom. The minimum absolute atomic E-state index is 0.388. The molecule has 2 heteroatoms. The summed E-state index contributed by atoms with van der Waals surface area (Å²) in [4.78, 5) is 2.73. The second-order valence-corrected chi connectivity index (χ2v) is 6.67. The van der Waals surface area contributed by atoms with Crippen molar-refractivity contribution in [3.8, 4) is 0 Å². The molecule has 1 aliphatic heterocycles. The first-order valence-electron chi connectivity index (χ1n) is 6.40. The highest BCUT2D eigenvalue weighted by Crippen LogP contribution is 2.38. The van der Waals surface area contributed by atoms with Gasteiger partial charge >= 0.3 is 0 Å². The van der Waals surface area contributed by atoms with E-state index in [-0.39, 0.29) is 0 Å². The van der Waals surface area contributed by atoms with Gasteiger partial charge in [0.15, 0.2) is 0 Å². The average molecular weight is 210 g/mol. The fourth-order valence-corrected chi connectivity index (χ4v) is 2.82. The van der Waals surface area contributed by atoms with E-state index in [9.17, 15) is 0 Å². The SMILES string of the molecule is CC(C)(C)C1CN(C2(C)CCC2)CCN1. The van der Waals surface area contributed by atoms with Crippen molar-refractivity contribution in [2.24, 2.45) is 5.41 Å². The second-order valence-electron chi connectivity index (χ2n) is 6.67. The fraction of sp³-hybridized carbons (Fsp3) is 1.00. The van der Waals surface area contributed by atoms with Crippen LogP contribution < -0.4 is 5.32 Å². The Labute approximate surface area is 94.4 Å². The van der Waals surface area contributed by atoms with Crippen LogP contribution in [0.15, 0.2) is 0 Å². The van der Waals surface area contributed by atoms with Crippen molar-refractivity contribution in [1.82, 2.24) is 10.2 Å². The van der Waals surface area contributed by atoms with Crippen LogP contribution in [0.3, 0.4) is 0 Å². The lowest BCUT2D eigenvalue weighted by Gasteiger charge is -2.53. The third kappa shape index (κ3) is 2.21. The van der Waals surface area contributed by atoms with E-state index >= 15 is 0 Å². The molecule has 88 valence electrons. The fourth-order valence-electron chi connectivity index (χ4n) is 2.82. The Bertz CT molecular complexity index is 225. The molecule has 1 unspecified atom stereocenters. The molecule has 1 atom stereocenters. The van der Waals surface area contributed by atoms with E-state index in [0.717, 1.165) is 6.54 Å². The number of rotatable bonds is 1. The molecule has 1 saturated carbocycles. The van der Waals surface area contributed by atoms with Crippen LogP contribution in [0.2, 0.25) is 0 Å². The summed E-state index contributed by atoms with van der Waals surface area (Å²) < 4.78 is 0. The zero-order chi connectivity index (χ0) is 11.1. The van der Waals surface area contributed by atoms with Gasteiger partial charge in [0.2, 0.25) is 0 Å². The van der Waals surface area contributed by atoms with Gasteiger partial charge in [-0.3, -0.25) is 4.90 Å². The molecule has 2 fully saturated rings. The molecular weight excluding hydrogens is 184 g/mol. The van der Waals surface area contributed by atoms with Crippen LogP contribution in [0.1, 0.15) is 47.0 Å². The Hall–Kier alpha value is -0.0800. The van der Waals surface area contributed by atoms with Gasteiger partial charge in [-0.05, 0) is 31.6 Å². The van der Waals surface area contributed by atoms with Crippen molar-refractivity contribution in [3.05, 3.63) is 0 Å². The van der Waals surface area contributed by atoms with Crippen LogP contribution in [-0.4, -0.2) is 36.1 Å². The highest BCUT2D eigenvalue weighted by Gasteiger charge is 2.41. The summed E-state index contributed by atoms with van der Waals surface area (Å²) in [6.45, 7) is 13.1. The lowest BCUT2D eigenvalue weighted by atomic mass is 9.75. The van der Waals surface area contributed by atoms with E-state index in [1.807, 2.05) is 0 Å². The zero-order valence-corrected chi connectivity index (χ0v) is 10.8. The van der Waals surface area contributed by atoms with Crippen LogP contribution in [-0.2, 0) is 0 Å². The van der Waals surface area contributed by atoms with Crippen LogP contribution in [0.25, 0.3) is 0 Å². The summed E-state index contributed by atoms with van der Waals surface area (Å²) in [5.41, 5.74) is 0.921. The summed E-state index contributed by atoms with van der Waals surface area (Å²) in [7, 11) is 0. The van der Waals surface area contributed by atoms with Crippen molar-refractivity contribution in [3.63, 3.8) is 0 Å². The Morgan fingerprint density at radius 1 is 1.27 bits per heavy atom. The first kappa shape index (κ1) is 11.4. The molecular formula is C13H26N2. The molecule has 0 aromatic heterocycles. The number of hydrogen-bond donors (Lipinski definition) is 1. The average Bonchev–Trinajstić information content (AvgIpc) is 2.13. The van der Waals surface area contributed by atoms with E-state index in [4.69, 9.17) is 0 Å². The number of nitrogens with zero attached hydrogens (tertiary/aromatic N) is 1. The Morgan fingerprint density at radius 2 is 1.93 bits per heavy atom. The van der Waals surface area contributed by atoms with Gasteiger partial charge in [-0.2, -0.15) is 0 Å². The third-order valence-electron chi connectivity index (χ3n) is 4.41. The maximum absolute atomic E-state index is 3.67. The number of hydrogen-bond acceptors (Lipinski definition) is 2. The van der Waals surface area contributed by atoms with Crippen molar-refractivity contribution in [2.45, 2.75) is 58.5 Å². The molecule has 0 aromatic rings. The Kier molecular flexibility index (Phi) is 2.85. The van der Waals surface area contributed by atoms with Crippen molar-refractivity contribution in [2.75, 3.05) is 19.6 Å². The standard InChI is InChI=1S/C13H26N2/c1-12(2,3)11-10-15(9-8-14-11)13(4)6-5-7-13/h11,14H,5-10H2,1-4H3. The molecule has 2 nitrogen and oxygen atoms in total. The van der Waals surface area contributed by atoms with E-state index < -0.39 is 0 Å². The van der Waals surface area contributed by atoms with E-state index in [1.54, 1.807) is 0 Å². The topological polar surface area (TPSA) is 15.3 Å². The van der Waals surface area contributed by atoms with Gasteiger partial charge in [0.05, 0.1) is 0 Å². The number of piperazine rings is 1. The van der Waals surface area contributed by atoms with Gasteiger partial charge < -0.3 is 5.32 Å².